The number of aromatic nitrogens is 3. The number of nitrogens with two attached hydrogens (primary N) is 1. The molecule has 0 saturated heterocycles. The van der Waals surface area contributed by atoms with Gasteiger partial charge in [-0.05, 0) is 12.1 Å². The predicted molar refractivity (Wildman–Crippen MR) is 52.4 cm³/mol. The molecule has 2 rings (SSSR count). The Morgan fingerprint density at radius 2 is 2.07 bits per heavy atom. The van der Waals surface area contributed by atoms with Crippen molar-refractivity contribution in [2.75, 3.05) is 0 Å². The van der Waals surface area contributed by atoms with E-state index in [2.05, 4.69) is 15.7 Å². The van der Waals surface area contributed by atoms with E-state index < -0.39 is 0 Å². The Bertz CT molecular complexity index is 395. The van der Waals surface area contributed by atoms with E-state index in [0.29, 0.717) is 6.54 Å². The molecule has 1 aromatic carbocycles. The van der Waals surface area contributed by atoms with Gasteiger partial charge in [0.05, 0.1) is 24.1 Å². The fourth-order valence-corrected chi connectivity index (χ4v) is 1.19. The molecule has 0 spiro atoms. The topological polar surface area (TPSA) is 68.8 Å². The number of para-hydroxylation sites is 1. The Kier molecular flexibility index (Phi) is 2.53. The molecule has 3 N–H and O–H groups in total. The molecule has 5 nitrogen and oxygen atoms in total. The molecule has 0 amide bonds. The van der Waals surface area contributed by atoms with Gasteiger partial charge in [-0.25, -0.2) is 4.68 Å². The van der Waals surface area contributed by atoms with Crippen LogP contribution in [-0.2, 0) is 6.54 Å². The van der Waals surface area contributed by atoms with Crippen molar-refractivity contribution in [2.45, 2.75) is 6.54 Å². The standard InChI is InChI=1S/C9H11N5/c10-11-6-8-7-14(13-12-8)9-4-2-1-3-5-9/h1-5,7,11H,6,10H2. The van der Waals surface area contributed by atoms with E-state index in [1.54, 1.807) is 4.68 Å². The summed E-state index contributed by atoms with van der Waals surface area (Å²) in [7, 11) is 0. The maximum absolute atomic E-state index is 5.18. The smallest absolute Gasteiger partial charge is 0.0983 e. The summed E-state index contributed by atoms with van der Waals surface area (Å²) in [5, 5.41) is 7.93. The molecule has 1 heterocycles. The van der Waals surface area contributed by atoms with Gasteiger partial charge in [0.15, 0.2) is 0 Å². The molecule has 2 aromatic rings. The second-order valence-electron chi connectivity index (χ2n) is 2.87. The van der Waals surface area contributed by atoms with Crippen LogP contribution in [0.2, 0.25) is 0 Å². The number of benzene rings is 1. The lowest BCUT2D eigenvalue weighted by Crippen LogP contribution is -2.20. The average Bonchev–Trinajstić information content (AvgIpc) is 2.68. The zero-order valence-electron chi connectivity index (χ0n) is 7.59. The Morgan fingerprint density at radius 1 is 1.29 bits per heavy atom. The van der Waals surface area contributed by atoms with Gasteiger partial charge in [-0.1, -0.05) is 23.4 Å². The second-order valence-corrected chi connectivity index (χ2v) is 2.87. The van der Waals surface area contributed by atoms with Gasteiger partial charge in [0.25, 0.3) is 0 Å². The van der Waals surface area contributed by atoms with E-state index in [4.69, 9.17) is 5.84 Å². The lowest BCUT2D eigenvalue weighted by atomic mass is 10.3. The molecule has 0 aliphatic heterocycles. The van der Waals surface area contributed by atoms with Gasteiger partial charge in [-0.3, -0.25) is 11.3 Å². The Balaban J connectivity index is 2.25. The minimum atomic E-state index is 0.521. The maximum atomic E-state index is 5.18. The van der Waals surface area contributed by atoms with Crippen LogP contribution in [0.5, 0.6) is 0 Å². The van der Waals surface area contributed by atoms with E-state index in [1.165, 1.54) is 0 Å². The van der Waals surface area contributed by atoms with Crippen LogP contribution in [-0.4, -0.2) is 15.0 Å². The van der Waals surface area contributed by atoms with Crippen LogP contribution >= 0.6 is 0 Å². The maximum Gasteiger partial charge on any atom is 0.0983 e. The fourth-order valence-electron chi connectivity index (χ4n) is 1.19. The summed E-state index contributed by atoms with van der Waals surface area (Å²) >= 11 is 0. The van der Waals surface area contributed by atoms with Crippen molar-refractivity contribution in [1.29, 1.82) is 0 Å². The molecule has 0 bridgehead atoms. The molecule has 0 atom stereocenters. The zero-order valence-corrected chi connectivity index (χ0v) is 7.59. The van der Waals surface area contributed by atoms with Gasteiger partial charge in [0.1, 0.15) is 0 Å². The molecule has 5 heteroatoms. The second kappa shape index (κ2) is 3.99. The van der Waals surface area contributed by atoms with E-state index in [9.17, 15) is 0 Å². The normalized spacial score (nSPS) is 10.4. The van der Waals surface area contributed by atoms with Crippen molar-refractivity contribution in [2.24, 2.45) is 5.84 Å². The zero-order chi connectivity index (χ0) is 9.80. The third-order valence-electron chi connectivity index (χ3n) is 1.84. The Hall–Kier alpha value is -1.72. The predicted octanol–water partition coefficient (Wildman–Crippen LogP) is 0.231. The lowest BCUT2D eigenvalue weighted by molar-refractivity contribution is 0.716. The first-order valence-corrected chi connectivity index (χ1v) is 4.30. The molecular weight excluding hydrogens is 178 g/mol. The number of rotatable bonds is 3. The van der Waals surface area contributed by atoms with Gasteiger partial charge in [-0.15, -0.1) is 5.10 Å². The molecular formula is C9H11N5. The fraction of sp³-hybridized carbons (Fsp3) is 0.111. The molecule has 1 aromatic heterocycles. The summed E-state index contributed by atoms with van der Waals surface area (Å²) in [5.74, 6) is 5.18. The first kappa shape index (κ1) is 8.86. The minimum absolute atomic E-state index is 0.521. The van der Waals surface area contributed by atoms with Crippen LogP contribution in [0.15, 0.2) is 36.5 Å². The summed E-state index contributed by atoms with van der Waals surface area (Å²) in [6.45, 7) is 0.521. The van der Waals surface area contributed by atoms with Crippen LogP contribution in [0.4, 0.5) is 0 Å². The van der Waals surface area contributed by atoms with Crippen LogP contribution in [0.1, 0.15) is 5.69 Å². The monoisotopic (exact) mass is 189 g/mol. The molecule has 0 aliphatic rings. The molecule has 0 fully saturated rings. The summed E-state index contributed by atoms with van der Waals surface area (Å²) < 4.78 is 1.71. The van der Waals surface area contributed by atoms with Crippen LogP contribution in [0, 0.1) is 0 Å². The third-order valence-corrected chi connectivity index (χ3v) is 1.84. The molecule has 14 heavy (non-hydrogen) atoms. The van der Waals surface area contributed by atoms with E-state index in [0.717, 1.165) is 11.4 Å². The number of hydrogen-bond donors (Lipinski definition) is 2. The van der Waals surface area contributed by atoms with Crippen molar-refractivity contribution in [3.05, 3.63) is 42.2 Å². The number of nitrogens with zero attached hydrogens (tertiary/aromatic N) is 3. The third kappa shape index (κ3) is 1.78. The summed E-state index contributed by atoms with van der Waals surface area (Å²) in [6.07, 6.45) is 1.84. The highest BCUT2D eigenvalue weighted by Crippen LogP contribution is 2.04. The van der Waals surface area contributed by atoms with Gasteiger partial charge in [0.2, 0.25) is 0 Å². The van der Waals surface area contributed by atoms with Gasteiger partial charge >= 0.3 is 0 Å². The quantitative estimate of drug-likeness (QED) is 0.535. The van der Waals surface area contributed by atoms with Crippen molar-refractivity contribution in [1.82, 2.24) is 20.4 Å². The van der Waals surface area contributed by atoms with Crippen LogP contribution < -0.4 is 11.3 Å². The van der Waals surface area contributed by atoms with E-state index in [1.807, 2.05) is 36.5 Å². The molecule has 0 radical (unpaired) electrons. The number of hydrazine groups is 1. The Morgan fingerprint density at radius 3 is 2.79 bits per heavy atom. The van der Waals surface area contributed by atoms with E-state index in [-0.39, 0.29) is 0 Å². The SMILES string of the molecule is NNCc1cn(-c2ccccc2)nn1. The van der Waals surface area contributed by atoms with Crippen molar-refractivity contribution in [3.8, 4) is 5.69 Å². The van der Waals surface area contributed by atoms with Crippen molar-refractivity contribution >= 4 is 0 Å². The summed E-state index contributed by atoms with van der Waals surface area (Å²) in [4.78, 5) is 0. The summed E-state index contributed by atoms with van der Waals surface area (Å²) in [5.41, 5.74) is 4.34. The lowest BCUT2D eigenvalue weighted by Gasteiger charge is -1.97. The van der Waals surface area contributed by atoms with Crippen LogP contribution in [0.3, 0.4) is 0 Å². The number of nitrogens with one attached hydrogen (secondary N) is 1. The van der Waals surface area contributed by atoms with Gasteiger partial charge in [0, 0.05) is 0 Å². The van der Waals surface area contributed by atoms with Gasteiger partial charge < -0.3 is 0 Å². The Labute approximate surface area is 81.5 Å². The summed E-state index contributed by atoms with van der Waals surface area (Å²) in [6, 6.07) is 9.81. The highest BCUT2D eigenvalue weighted by atomic mass is 15.4. The largest absolute Gasteiger partial charge is 0.271 e. The van der Waals surface area contributed by atoms with Crippen molar-refractivity contribution < 1.29 is 0 Å². The van der Waals surface area contributed by atoms with E-state index >= 15 is 0 Å². The molecule has 0 saturated carbocycles. The molecule has 0 aliphatic carbocycles. The molecule has 0 unspecified atom stereocenters. The van der Waals surface area contributed by atoms with Gasteiger partial charge in [-0.2, -0.15) is 0 Å². The van der Waals surface area contributed by atoms with Crippen molar-refractivity contribution in [3.63, 3.8) is 0 Å². The minimum Gasteiger partial charge on any atom is -0.271 e. The van der Waals surface area contributed by atoms with Crippen LogP contribution in [0.25, 0.3) is 5.69 Å². The molecule has 72 valence electrons. The highest BCUT2D eigenvalue weighted by Gasteiger charge is 2.00. The highest BCUT2D eigenvalue weighted by molar-refractivity contribution is 5.29. The first-order valence-electron chi connectivity index (χ1n) is 4.30. The number of hydrogen-bond acceptors (Lipinski definition) is 4. The average molecular weight is 189 g/mol. The first-order chi connectivity index (χ1) is 6.90.